The molecule has 13 N–H and O–H groups in total. The molecule has 1 fully saturated rings. The van der Waals surface area contributed by atoms with Gasteiger partial charge in [0.15, 0.2) is 5.43 Å². The number of carboxylic acids is 2. The smallest absolute Gasteiger partial charge is 0.490 e. The number of ether oxygens (including phenoxy) is 2. The Labute approximate surface area is 608 Å². The first kappa shape index (κ1) is 73.7. The third-order valence-corrected chi connectivity index (χ3v) is 23.6. The van der Waals surface area contributed by atoms with Crippen molar-refractivity contribution in [2.45, 2.75) is 109 Å². The number of nitrogen functional groups attached to an aromatic ring is 1. The van der Waals surface area contributed by atoms with Gasteiger partial charge in [-0.15, -0.1) is 0 Å². The fraction of sp³-hybridized carbons (Fsp3) is 0.329. The van der Waals surface area contributed by atoms with Crippen molar-refractivity contribution in [3.05, 3.63) is 183 Å². The number of carbonyl (C=O) groups is 4. The van der Waals surface area contributed by atoms with E-state index in [0.29, 0.717) is 41.3 Å². The lowest BCUT2D eigenvalue weighted by atomic mass is 9.81. The third-order valence-electron chi connectivity index (χ3n) is 19.8. The molecule has 0 spiro atoms. The quantitative estimate of drug-likeness (QED) is 0.00734. The average Bonchev–Trinajstić information content (AvgIpc) is 0.779. The second-order valence-electron chi connectivity index (χ2n) is 26.8. The average molecular weight is 1520 g/mol. The van der Waals surface area contributed by atoms with Crippen LogP contribution in [-0.2, 0) is 68.6 Å². The van der Waals surface area contributed by atoms with Crippen LogP contribution in [0, 0.1) is 11.8 Å². The summed E-state index contributed by atoms with van der Waals surface area (Å²) in [5.41, 5.74) is 13.3. The molecule has 8 aliphatic rings. The Morgan fingerprint density at radius 1 is 0.748 bits per heavy atom. The van der Waals surface area contributed by atoms with Gasteiger partial charge < -0.3 is 75.2 Å². The number of nitrogens with zero attached hydrogens (tertiary/aromatic N) is 4. The van der Waals surface area contributed by atoms with Crippen molar-refractivity contribution in [3.8, 4) is 51.5 Å². The Bertz CT molecular complexity index is 5560. The minimum absolute atomic E-state index is 0.00851. The number of anilines is 2. The topological polar surface area (TPSA) is 463 Å². The summed E-state index contributed by atoms with van der Waals surface area (Å²) >= 11 is 0. The van der Waals surface area contributed by atoms with Gasteiger partial charge in [-0.2, -0.15) is 13.6 Å². The van der Waals surface area contributed by atoms with Crippen molar-refractivity contribution in [1.29, 1.82) is 0 Å². The number of aliphatic hydroxyl groups is 1. The number of nitrogens with two attached hydrogens (primary N) is 1. The summed E-state index contributed by atoms with van der Waals surface area (Å²) in [7, 11) is -16.8. The molecule has 1 saturated heterocycles. The van der Waals surface area contributed by atoms with Crippen molar-refractivity contribution in [2.75, 3.05) is 56.5 Å². The summed E-state index contributed by atoms with van der Waals surface area (Å²) in [5, 5.41) is 52.7. The number of aliphatic hydroxyl groups excluding tert-OH is 1. The van der Waals surface area contributed by atoms with Crippen molar-refractivity contribution < 1.29 is 105 Å². The van der Waals surface area contributed by atoms with E-state index in [2.05, 4.69) is 67.2 Å². The molecule has 14 rings (SSSR count). The number of phosphoric acid groups is 3. The number of carboxylic acid groups (broad SMARTS) is 2. The zero-order valence-corrected chi connectivity index (χ0v) is 59.9. The summed E-state index contributed by atoms with van der Waals surface area (Å²) in [5.74, 6) is 2.50. The number of phenols is 1. The maximum absolute atomic E-state index is 14.5. The molecule has 0 radical (unpaired) electrons. The van der Waals surface area contributed by atoms with E-state index in [4.69, 9.17) is 29.4 Å². The number of unbranched alkanes of at least 4 members (excludes halogenated alkanes) is 2. The molecular weight excluding hydrogens is 1450 g/mol. The summed E-state index contributed by atoms with van der Waals surface area (Å²) in [6, 6.07) is 20.2. The summed E-state index contributed by atoms with van der Waals surface area (Å²) in [6.45, 7) is 2.83. The van der Waals surface area contributed by atoms with Gasteiger partial charge in [-0.1, -0.05) is 24.0 Å². The van der Waals surface area contributed by atoms with E-state index >= 15 is 0 Å². The molecule has 4 atom stereocenters. The van der Waals surface area contributed by atoms with Gasteiger partial charge in [0.2, 0.25) is 11.3 Å². The number of aromatic carboxylic acids is 2. The second-order valence-corrected chi connectivity index (χ2v) is 31.2. The lowest BCUT2D eigenvalue weighted by Crippen LogP contribution is -2.73. The zero-order valence-electron chi connectivity index (χ0n) is 57.2. The molecule has 1 aromatic heterocycles. The van der Waals surface area contributed by atoms with E-state index < -0.39 is 71.4 Å². The van der Waals surface area contributed by atoms with Crippen molar-refractivity contribution in [3.63, 3.8) is 0 Å². The first-order valence-corrected chi connectivity index (χ1v) is 39.2. The Kier molecular flexibility index (Phi) is 20.6. The lowest BCUT2D eigenvalue weighted by molar-refractivity contribution is -0.466. The van der Waals surface area contributed by atoms with Crippen molar-refractivity contribution in [1.82, 2.24) is 24.8 Å². The van der Waals surface area contributed by atoms with E-state index in [1.807, 2.05) is 0 Å². The van der Waals surface area contributed by atoms with Crippen LogP contribution in [0.1, 0.15) is 152 Å². The van der Waals surface area contributed by atoms with Crippen LogP contribution in [0.4, 0.5) is 11.5 Å². The summed E-state index contributed by atoms with van der Waals surface area (Å²) < 4.78 is 69.6. The number of carbonyl (C=O) groups excluding carboxylic acids is 2. The minimum atomic E-state index is -5.74. The molecule has 6 aromatic rings. The van der Waals surface area contributed by atoms with Gasteiger partial charge in [0.25, 0.3) is 5.91 Å². The van der Waals surface area contributed by atoms with Gasteiger partial charge in [0, 0.05) is 106 Å². The largest absolute Gasteiger partial charge is 0.507 e. The van der Waals surface area contributed by atoms with Crippen LogP contribution in [0.25, 0.3) is 39.0 Å². The number of aromatic nitrogens is 2. The number of fused-ring (bicyclic) bond motifs is 6. The highest BCUT2D eigenvalue weighted by molar-refractivity contribution is 7.66. The fourth-order valence-corrected chi connectivity index (χ4v) is 18.3. The van der Waals surface area contributed by atoms with Crippen LogP contribution < -0.4 is 57.3 Å². The van der Waals surface area contributed by atoms with Gasteiger partial charge in [0.1, 0.15) is 60.3 Å². The fourth-order valence-electron chi connectivity index (χ4n) is 15.2. The van der Waals surface area contributed by atoms with Gasteiger partial charge in [-0.3, -0.25) is 23.5 Å². The van der Waals surface area contributed by atoms with Gasteiger partial charge >= 0.3 is 47.0 Å². The highest BCUT2D eigenvalue weighted by atomic mass is 31.3. The molecule has 556 valence electrons. The van der Waals surface area contributed by atoms with E-state index in [-0.39, 0.29) is 113 Å². The van der Waals surface area contributed by atoms with Gasteiger partial charge in [-0.25, -0.2) is 37.6 Å². The molecule has 0 saturated carbocycles. The van der Waals surface area contributed by atoms with E-state index in [1.54, 1.807) is 12.1 Å². The number of aromatic hydroxyl groups is 1. The molecule has 2 amide bonds. The monoisotopic (exact) mass is 1520 g/mol. The Hall–Kier alpha value is -10.2. The van der Waals surface area contributed by atoms with Crippen LogP contribution in [0.3, 0.4) is 0 Å². The molecule has 4 unspecified atom stereocenters. The van der Waals surface area contributed by atoms with E-state index in [0.717, 1.165) is 121 Å². The predicted molar refractivity (Wildman–Crippen MR) is 385 cm³/mol. The van der Waals surface area contributed by atoms with E-state index in [9.17, 15) is 72.7 Å². The Morgan fingerprint density at radius 2 is 1.47 bits per heavy atom. The second kappa shape index (κ2) is 29.9. The van der Waals surface area contributed by atoms with Gasteiger partial charge in [-0.05, 0) is 142 Å². The molecule has 31 nitrogen and oxygen atoms in total. The van der Waals surface area contributed by atoms with Crippen LogP contribution in [-0.4, -0.2) is 131 Å². The molecule has 7 aliphatic heterocycles. The first-order valence-electron chi connectivity index (χ1n) is 34.7. The van der Waals surface area contributed by atoms with Crippen LogP contribution in [0.15, 0.2) is 99.1 Å². The van der Waals surface area contributed by atoms with Crippen LogP contribution >= 0.6 is 23.5 Å². The Morgan fingerprint density at radius 3 is 2.25 bits per heavy atom. The molecule has 5 aromatic carbocycles. The highest BCUT2D eigenvalue weighted by Crippen LogP contribution is 2.66. The maximum Gasteiger partial charge on any atom is 0.490 e. The third kappa shape index (κ3) is 15.4. The normalized spacial score (nSPS) is 17.7. The van der Waals surface area contributed by atoms with E-state index in [1.165, 1.54) is 83.0 Å². The molecule has 8 heterocycles. The number of hydrogen-bond acceptors (Lipinski definition) is 19. The highest BCUT2D eigenvalue weighted by Gasteiger charge is 2.43. The standard InChI is InChI=1S/C73H71N8O23P3/c74-68-43(37-81(73(91)78-68)60-24-18-45(100-60)38-99-106(95,96)104-107(97,98)103-105(92,93)94)9-4-26-75-59(84)14-2-1-3-25-76-69(85)41-15-19-46(52(33-41)71(87)88)61-48-21-17-44(82)35-58(48)101-65-49(61)22-23-57(83)56(65)36-77-70(86)42-16-20-47(53(34-42)72(89)90)62-54-31-39-10-5-27-79-29-7-12-50(63(39)79)66(54)102-67-51-13-8-30-80-28-6-11-40(64(51)80)32-55(62)67/h15-17,19-23,31-35,37,45,60H,1-3,5-8,10-14,18,24-30,36,38H2,(H11-,74,75,76,77,78,82,83,84,85,86,87,88,89,90,91,92,93,94,95,96,97,98)/p+2. The van der Waals surface area contributed by atoms with Crippen LogP contribution in [0.5, 0.6) is 17.2 Å². The first-order chi connectivity index (χ1) is 51.2. The SMILES string of the molecule is Nc1nc(=O)n(C2CCC(COP(=O)(O)OP(=O)(O)OP(=O)(O)O)O2)cc1C#CCNC(=O)CCCCC[NH+]=C(O)c1ccc(-c2c3ccc(=O)cc-3oc3c(CNC(=O)c4ccc(C5=c6cc7c8c(c6Oc6c5cc5c9c6CCCN9CCC5)CCC[N+]=8CCC7)c(C(=O)O)c4)c(O)ccc23)c(C(=O)O)c1. The summed E-state index contributed by atoms with van der Waals surface area (Å²) in [6.07, 6.45) is 8.37. The number of phenolic OH excluding ortho intramolecular Hbond substituents is 1. The molecule has 0 bridgehead atoms. The van der Waals surface area contributed by atoms with Gasteiger partial charge in [0.05, 0.1) is 59.2 Å². The zero-order chi connectivity index (χ0) is 75.4. The molecule has 34 heteroatoms. The number of hydrogen-bond donors (Lipinski definition) is 12. The molecule has 107 heavy (non-hydrogen) atoms. The number of aryl methyl sites for hydroxylation is 2. The van der Waals surface area contributed by atoms with Crippen molar-refractivity contribution in [2.24, 2.45) is 0 Å². The number of amides is 2. The molecular formula is C73H73N8O23P3+2. The number of nitrogens with one attached hydrogen (secondary N) is 3. The molecule has 1 aliphatic carbocycles. The lowest BCUT2D eigenvalue weighted by Gasteiger charge is -2.39. The predicted octanol–water partition coefficient (Wildman–Crippen LogP) is 5.31. The summed E-state index contributed by atoms with van der Waals surface area (Å²) in [4.78, 5) is 126. The van der Waals surface area contributed by atoms with Crippen LogP contribution in [0.2, 0.25) is 0 Å². The Balaban J connectivity index is 0.637. The van der Waals surface area contributed by atoms with Crippen molar-refractivity contribution >= 4 is 81.2 Å². The number of rotatable bonds is 23. The number of phosphoric ester groups is 1. The maximum atomic E-state index is 14.5. The minimum Gasteiger partial charge on any atom is -0.507 e. The number of benzene rings is 6.